The molecule has 1 aromatic carbocycles. The molecule has 0 radical (unpaired) electrons. The van der Waals surface area contributed by atoms with Gasteiger partial charge in [0.15, 0.2) is 5.16 Å². The summed E-state index contributed by atoms with van der Waals surface area (Å²) in [5.41, 5.74) is 3.45. The molecule has 0 saturated heterocycles. The molecule has 3 aromatic rings. The Balaban J connectivity index is 1.73. The molecule has 1 atom stereocenters. The molecule has 0 amide bonds. The van der Waals surface area contributed by atoms with E-state index in [0.29, 0.717) is 12.5 Å². The largest absolute Gasteiger partial charge is 0.497 e. The number of hydrogen-bond acceptors (Lipinski definition) is 5. The fourth-order valence-corrected chi connectivity index (χ4v) is 6.17. The number of nitrogens with zero attached hydrogens (tertiary/aromatic N) is 2. The summed E-state index contributed by atoms with van der Waals surface area (Å²) in [4.78, 5) is 20.6. The Morgan fingerprint density at radius 1 is 1.38 bits per heavy atom. The third-order valence-electron chi connectivity index (χ3n) is 5.34. The summed E-state index contributed by atoms with van der Waals surface area (Å²) in [7, 11) is 1.67. The van der Waals surface area contributed by atoms with E-state index in [-0.39, 0.29) is 5.56 Å². The first-order valence-electron chi connectivity index (χ1n) is 9.91. The number of aryl methyl sites for hydroxylation is 1. The van der Waals surface area contributed by atoms with Crippen molar-refractivity contribution < 1.29 is 4.74 Å². The number of fused-ring (bicyclic) bond motifs is 3. The number of hydrogen-bond donors (Lipinski definition) is 0. The van der Waals surface area contributed by atoms with E-state index in [0.717, 1.165) is 51.7 Å². The zero-order chi connectivity index (χ0) is 20.5. The van der Waals surface area contributed by atoms with Gasteiger partial charge in [-0.25, -0.2) is 4.98 Å². The topological polar surface area (TPSA) is 44.1 Å². The third kappa shape index (κ3) is 4.14. The highest BCUT2D eigenvalue weighted by Crippen LogP contribution is 2.37. The van der Waals surface area contributed by atoms with Crippen LogP contribution in [0.15, 0.2) is 46.4 Å². The fourth-order valence-electron chi connectivity index (χ4n) is 3.79. The second-order valence-corrected chi connectivity index (χ2v) is 9.94. The smallest absolute Gasteiger partial charge is 0.263 e. The van der Waals surface area contributed by atoms with Gasteiger partial charge in [-0.15, -0.1) is 11.3 Å². The van der Waals surface area contributed by atoms with Gasteiger partial charge in [0.05, 0.1) is 12.5 Å². The summed E-state index contributed by atoms with van der Waals surface area (Å²) in [6.45, 7) is 8.78. The van der Waals surface area contributed by atoms with Crippen LogP contribution in [0.4, 0.5) is 0 Å². The molecule has 0 saturated carbocycles. The van der Waals surface area contributed by atoms with Crippen molar-refractivity contribution >= 4 is 33.3 Å². The summed E-state index contributed by atoms with van der Waals surface area (Å²) in [5, 5.41) is 1.61. The third-order valence-corrected chi connectivity index (χ3v) is 7.53. The van der Waals surface area contributed by atoms with Gasteiger partial charge in [-0.1, -0.05) is 43.0 Å². The van der Waals surface area contributed by atoms with Crippen molar-refractivity contribution in [1.29, 1.82) is 0 Å². The van der Waals surface area contributed by atoms with Crippen molar-refractivity contribution in [3.8, 4) is 5.75 Å². The van der Waals surface area contributed by atoms with Crippen molar-refractivity contribution in [2.24, 2.45) is 5.92 Å². The van der Waals surface area contributed by atoms with Crippen LogP contribution in [0, 0.1) is 5.92 Å². The number of benzene rings is 1. The van der Waals surface area contributed by atoms with Gasteiger partial charge in [-0.3, -0.25) is 9.36 Å². The van der Waals surface area contributed by atoms with Gasteiger partial charge in [0.25, 0.3) is 5.56 Å². The van der Waals surface area contributed by atoms with E-state index in [1.54, 1.807) is 30.2 Å². The first-order chi connectivity index (χ1) is 14.0. The van der Waals surface area contributed by atoms with Crippen molar-refractivity contribution in [1.82, 2.24) is 9.55 Å². The lowest BCUT2D eigenvalue weighted by Gasteiger charge is -2.17. The molecule has 29 heavy (non-hydrogen) atoms. The molecular weight excluding hydrogens is 400 g/mol. The minimum absolute atomic E-state index is 0.0854. The Morgan fingerprint density at radius 2 is 2.14 bits per heavy atom. The lowest BCUT2D eigenvalue weighted by Crippen LogP contribution is -2.24. The zero-order valence-electron chi connectivity index (χ0n) is 17.2. The van der Waals surface area contributed by atoms with Gasteiger partial charge in [0.1, 0.15) is 10.6 Å². The summed E-state index contributed by atoms with van der Waals surface area (Å²) in [5.74, 6) is 2.27. The molecule has 0 bridgehead atoms. The number of methoxy groups -OCH3 is 1. The van der Waals surface area contributed by atoms with E-state index in [1.165, 1.54) is 16.0 Å². The Labute approximate surface area is 179 Å². The van der Waals surface area contributed by atoms with Crippen LogP contribution < -0.4 is 10.3 Å². The van der Waals surface area contributed by atoms with Crippen molar-refractivity contribution in [2.45, 2.75) is 50.6 Å². The highest BCUT2D eigenvalue weighted by Gasteiger charge is 2.24. The standard InChI is InChI=1S/C23H26N2O2S2/c1-14(2)12-25-22(26)20-18-10-5-15(3)11-19(18)29-21(20)24-23(25)28-13-16-6-8-17(27-4)9-7-16/h6-9,15H,1,5,10-13H2,2-4H3. The first kappa shape index (κ1) is 20.2. The van der Waals surface area contributed by atoms with Crippen LogP contribution >= 0.6 is 23.1 Å². The highest BCUT2D eigenvalue weighted by atomic mass is 32.2. The Kier molecular flexibility index (Phi) is 5.83. The predicted molar refractivity (Wildman–Crippen MR) is 122 cm³/mol. The molecule has 4 nitrogen and oxygen atoms in total. The maximum atomic E-state index is 13.5. The van der Waals surface area contributed by atoms with E-state index in [4.69, 9.17) is 9.72 Å². The molecule has 1 aliphatic carbocycles. The monoisotopic (exact) mass is 426 g/mol. The summed E-state index contributed by atoms with van der Waals surface area (Å²) >= 11 is 3.32. The number of aromatic nitrogens is 2. The highest BCUT2D eigenvalue weighted by molar-refractivity contribution is 7.98. The molecule has 4 rings (SSSR count). The second-order valence-electron chi connectivity index (χ2n) is 7.91. The SMILES string of the molecule is C=C(C)Cn1c(SCc2ccc(OC)cc2)nc2sc3c(c2c1=O)CCC(C)C3. The fraction of sp³-hybridized carbons (Fsp3) is 0.391. The van der Waals surface area contributed by atoms with Crippen LogP contribution in [-0.4, -0.2) is 16.7 Å². The van der Waals surface area contributed by atoms with E-state index < -0.39 is 0 Å². The quantitative estimate of drug-likeness (QED) is 0.298. The maximum absolute atomic E-state index is 13.5. The number of rotatable bonds is 6. The van der Waals surface area contributed by atoms with Crippen molar-refractivity contribution in [2.75, 3.05) is 7.11 Å². The van der Waals surface area contributed by atoms with Crippen LogP contribution in [0.25, 0.3) is 10.2 Å². The van der Waals surface area contributed by atoms with Gasteiger partial charge in [-0.05, 0) is 55.4 Å². The molecule has 0 N–H and O–H groups in total. The molecule has 0 fully saturated rings. The van der Waals surface area contributed by atoms with Crippen LogP contribution in [-0.2, 0) is 25.1 Å². The van der Waals surface area contributed by atoms with Crippen LogP contribution in [0.2, 0.25) is 0 Å². The summed E-state index contributed by atoms with van der Waals surface area (Å²) < 4.78 is 7.04. The minimum Gasteiger partial charge on any atom is -0.497 e. The van der Waals surface area contributed by atoms with Crippen LogP contribution in [0.1, 0.15) is 36.3 Å². The normalized spacial score (nSPS) is 16.0. The average molecular weight is 427 g/mol. The van der Waals surface area contributed by atoms with Gasteiger partial charge >= 0.3 is 0 Å². The average Bonchev–Trinajstić information content (AvgIpc) is 3.06. The molecule has 152 valence electrons. The molecule has 2 aromatic heterocycles. The maximum Gasteiger partial charge on any atom is 0.263 e. The Morgan fingerprint density at radius 3 is 2.83 bits per heavy atom. The number of allylic oxidation sites excluding steroid dienone is 1. The van der Waals surface area contributed by atoms with E-state index in [2.05, 4.69) is 25.6 Å². The number of thioether (sulfide) groups is 1. The van der Waals surface area contributed by atoms with Gasteiger partial charge in [0.2, 0.25) is 0 Å². The molecule has 0 aliphatic heterocycles. The first-order valence-corrected chi connectivity index (χ1v) is 11.7. The zero-order valence-corrected chi connectivity index (χ0v) is 18.8. The van der Waals surface area contributed by atoms with E-state index in [1.807, 2.05) is 23.6 Å². The minimum atomic E-state index is 0.0854. The number of thiophene rings is 1. The van der Waals surface area contributed by atoms with Crippen molar-refractivity contribution in [3.63, 3.8) is 0 Å². The van der Waals surface area contributed by atoms with Crippen LogP contribution in [0.5, 0.6) is 5.75 Å². The Bertz CT molecular complexity index is 1110. The molecule has 1 unspecified atom stereocenters. The summed E-state index contributed by atoms with van der Waals surface area (Å²) in [6.07, 6.45) is 3.19. The molecule has 6 heteroatoms. The van der Waals surface area contributed by atoms with Crippen molar-refractivity contribution in [3.05, 3.63) is 62.8 Å². The molecule has 0 spiro atoms. The lowest BCUT2D eigenvalue weighted by molar-refractivity contribution is 0.414. The molecule has 2 heterocycles. The Hall–Kier alpha value is -2.05. The molecular formula is C23H26N2O2S2. The van der Waals surface area contributed by atoms with Gasteiger partial charge in [-0.2, -0.15) is 0 Å². The van der Waals surface area contributed by atoms with Gasteiger partial charge < -0.3 is 4.74 Å². The van der Waals surface area contributed by atoms with E-state index in [9.17, 15) is 4.79 Å². The van der Waals surface area contributed by atoms with Gasteiger partial charge in [0, 0.05) is 17.2 Å². The second kappa shape index (κ2) is 8.36. The molecule has 1 aliphatic rings. The predicted octanol–water partition coefficient (Wildman–Crippen LogP) is 5.46. The van der Waals surface area contributed by atoms with Crippen LogP contribution in [0.3, 0.4) is 0 Å². The summed E-state index contributed by atoms with van der Waals surface area (Å²) in [6, 6.07) is 8.03. The number of ether oxygens (including phenoxy) is 1. The van der Waals surface area contributed by atoms with E-state index >= 15 is 0 Å². The lowest BCUT2D eigenvalue weighted by atomic mass is 9.89.